The predicted octanol–water partition coefficient (Wildman–Crippen LogP) is 0.0778. The summed E-state index contributed by atoms with van der Waals surface area (Å²) in [6.45, 7) is 0. The molecule has 3 N–H and O–H groups in total. The van der Waals surface area contributed by atoms with Crippen molar-refractivity contribution in [1.29, 1.82) is 0 Å². The summed E-state index contributed by atoms with van der Waals surface area (Å²) in [5.74, 6) is -2.15. The molecule has 0 aromatic rings. The van der Waals surface area contributed by atoms with Gasteiger partial charge in [-0.2, -0.15) is 0 Å². The summed E-state index contributed by atoms with van der Waals surface area (Å²) in [6, 6.07) is 0. The monoisotopic (exact) mass is 165 g/mol. The molecule has 7 nitrogen and oxygen atoms in total. The zero-order valence-electron chi connectivity index (χ0n) is 5.43. The highest BCUT2D eigenvalue weighted by Gasteiger charge is 2.00. The van der Waals surface area contributed by atoms with E-state index in [0.717, 1.165) is 0 Å². The van der Waals surface area contributed by atoms with Crippen molar-refractivity contribution in [3.63, 3.8) is 0 Å². The number of nitrogens with zero attached hydrogens (tertiary/aromatic N) is 1. The van der Waals surface area contributed by atoms with Crippen LogP contribution in [0.1, 0.15) is 12.8 Å². The largest absolute Gasteiger partial charge is 0.481 e. The molecular weight excluding hydrogens is 158 g/mol. The van der Waals surface area contributed by atoms with E-state index in [9.17, 15) is 9.59 Å². The Hall–Kier alpha value is -1.66. The van der Waals surface area contributed by atoms with Gasteiger partial charge in [-0.1, -0.05) is 0 Å². The van der Waals surface area contributed by atoms with E-state index in [1.54, 1.807) is 0 Å². The van der Waals surface area contributed by atoms with Crippen LogP contribution < -0.4 is 0 Å². The number of aliphatic carboxylic acids is 2. The molecule has 0 radical (unpaired) electrons. The molecular formula is C4H7NO6. The average Bonchev–Trinajstić information content (AvgIpc) is 1.85. The molecule has 0 heterocycles. The van der Waals surface area contributed by atoms with Gasteiger partial charge in [0.15, 0.2) is 5.34 Å². The number of hydrogen-bond donors (Lipinski definition) is 3. The van der Waals surface area contributed by atoms with E-state index in [-0.39, 0.29) is 12.8 Å². The fourth-order valence-corrected chi connectivity index (χ4v) is 0.214. The van der Waals surface area contributed by atoms with Crippen LogP contribution in [0.15, 0.2) is 5.34 Å². The molecule has 0 bridgehead atoms. The molecule has 64 valence electrons. The first-order valence-electron chi connectivity index (χ1n) is 2.45. The second-order valence-electron chi connectivity index (χ2n) is 1.37. The highest BCUT2D eigenvalue weighted by Crippen LogP contribution is 1.85. The molecule has 0 amide bonds. The Balaban J connectivity index is 0. The highest BCUT2D eigenvalue weighted by atomic mass is 16.6. The van der Waals surface area contributed by atoms with E-state index >= 15 is 0 Å². The second-order valence-corrected chi connectivity index (χ2v) is 1.37. The Morgan fingerprint density at radius 2 is 1.27 bits per heavy atom. The summed E-state index contributed by atoms with van der Waals surface area (Å²) in [4.78, 5) is 27.4. The minimum absolute atomic E-state index is 0.296. The van der Waals surface area contributed by atoms with Crippen LogP contribution >= 0.6 is 0 Å². The van der Waals surface area contributed by atoms with Gasteiger partial charge in [0, 0.05) is 0 Å². The van der Waals surface area contributed by atoms with E-state index in [4.69, 9.17) is 20.3 Å². The van der Waals surface area contributed by atoms with Crippen molar-refractivity contribution in [3.05, 3.63) is 4.91 Å². The number of carbonyl (C=O) groups is 2. The van der Waals surface area contributed by atoms with Crippen molar-refractivity contribution < 1.29 is 25.0 Å². The average molecular weight is 165 g/mol. The van der Waals surface area contributed by atoms with Gasteiger partial charge in [-0.05, 0) is 0 Å². The molecule has 0 saturated carbocycles. The lowest BCUT2D eigenvalue weighted by molar-refractivity contribution is -0.143. The summed E-state index contributed by atoms with van der Waals surface area (Å²) in [5.41, 5.74) is 0. The van der Waals surface area contributed by atoms with Crippen molar-refractivity contribution in [3.8, 4) is 0 Å². The molecule has 11 heavy (non-hydrogen) atoms. The van der Waals surface area contributed by atoms with Crippen LogP contribution in [0.25, 0.3) is 0 Å². The molecule has 0 fully saturated rings. The van der Waals surface area contributed by atoms with Crippen molar-refractivity contribution in [2.45, 2.75) is 12.8 Å². The first kappa shape index (κ1) is 12.1. The third-order valence-corrected chi connectivity index (χ3v) is 0.553. The second kappa shape index (κ2) is 8.34. The van der Waals surface area contributed by atoms with Crippen molar-refractivity contribution in [1.82, 2.24) is 0 Å². The molecule has 0 aliphatic carbocycles. The maximum atomic E-state index is 9.64. The highest BCUT2D eigenvalue weighted by molar-refractivity contribution is 5.75. The Morgan fingerprint density at radius 3 is 1.36 bits per heavy atom. The fourth-order valence-electron chi connectivity index (χ4n) is 0.214. The van der Waals surface area contributed by atoms with Gasteiger partial charge in [0.05, 0.1) is 12.8 Å². The van der Waals surface area contributed by atoms with E-state index in [1.807, 2.05) is 0 Å². The van der Waals surface area contributed by atoms with E-state index < -0.39 is 11.9 Å². The number of rotatable bonds is 3. The fraction of sp³-hybridized carbons (Fsp3) is 0.500. The van der Waals surface area contributed by atoms with Crippen LogP contribution in [0.2, 0.25) is 0 Å². The predicted molar refractivity (Wildman–Crippen MR) is 32.1 cm³/mol. The summed E-state index contributed by atoms with van der Waals surface area (Å²) in [7, 11) is 0. The lowest BCUT2D eigenvalue weighted by atomic mass is 10.3. The van der Waals surface area contributed by atoms with Gasteiger partial charge in [-0.3, -0.25) is 9.59 Å². The Morgan fingerprint density at radius 1 is 1.09 bits per heavy atom. The van der Waals surface area contributed by atoms with Crippen LogP contribution in [0, 0.1) is 4.91 Å². The summed E-state index contributed by atoms with van der Waals surface area (Å²) in [5, 5.41) is 23.7. The van der Waals surface area contributed by atoms with Gasteiger partial charge >= 0.3 is 11.9 Å². The summed E-state index contributed by atoms with van der Waals surface area (Å²) < 4.78 is 0. The normalized spacial score (nSPS) is 7.27. The van der Waals surface area contributed by atoms with Crippen LogP contribution in [-0.4, -0.2) is 27.4 Å². The van der Waals surface area contributed by atoms with E-state index in [2.05, 4.69) is 0 Å². The van der Waals surface area contributed by atoms with Crippen LogP contribution in [0.3, 0.4) is 0 Å². The van der Waals surface area contributed by atoms with Crippen molar-refractivity contribution in [2.24, 2.45) is 5.34 Å². The molecule has 0 aliphatic heterocycles. The van der Waals surface area contributed by atoms with Gasteiger partial charge in [-0.15, -0.1) is 4.91 Å². The SMILES string of the molecule is O=C(O)CCC(=O)O.O=NO. The quantitative estimate of drug-likeness (QED) is 0.401. The van der Waals surface area contributed by atoms with Crippen LogP contribution in [0.4, 0.5) is 0 Å². The lowest BCUT2D eigenvalue weighted by Crippen LogP contribution is -2.00. The minimum atomic E-state index is -1.08. The molecule has 7 heteroatoms. The molecule has 0 saturated heterocycles. The third-order valence-electron chi connectivity index (χ3n) is 0.553. The maximum Gasteiger partial charge on any atom is 0.303 e. The molecule has 0 aliphatic rings. The van der Waals surface area contributed by atoms with E-state index in [1.165, 1.54) is 5.34 Å². The third kappa shape index (κ3) is 30.1. The van der Waals surface area contributed by atoms with Gasteiger partial charge in [-0.25, -0.2) is 0 Å². The smallest absolute Gasteiger partial charge is 0.303 e. The molecule has 0 rings (SSSR count). The first-order chi connectivity index (χ1) is 5.04. The van der Waals surface area contributed by atoms with E-state index in [0.29, 0.717) is 0 Å². The zero-order valence-corrected chi connectivity index (χ0v) is 5.43. The molecule has 0 unspecified atom stereocenters. The van der Waals surface area contributed by atoms with Gasteiger partial charge in [0.1, 0.15) is 0 Å². The van der Waals surface area contributed by atoms with Crippen molar-refractivity contribution in [2.75, 3.05) is 0 Å². The minimum Gasteiger partial charge on any atom is -0.481 e. The molecule has 0 aromatic carbocycles. The molecule has 0 spiro atoms. The summed E-state index contributed by atoms with van der Waals surface area (Å²) >= 11 is 0. The van der Waals surface area contributed by atoms with Crippen LogP contribution in [0.5, 0.6) is 0 Å². The number of hydrogen-bond acceptors (Lipinski definition) is 4. The lowest BCUT2D eigenvalue weighted by Gasteiger charge is -1.85. The first-order valence-corrected chi connectivity index (χ1v) is 2.45. The standard InChI is InChI=1S/C4H6O4.HNO2/c5-3(6)1-2-4(7)8;2-1-3/h1-2H2,(H,5,6)(H,7,8);(H,2,3). The van der Waals surface area contributed by atoms with Crippen molar-refractivity contribution >= 4 is 11.9 Å². The Kier molecular flexibility index (Phi) is 9.14. The zero-order chi connectivity index (χ0) is 9.28. The molecule has 0 aromatic heterocycles. The maximum absolute atomic E-state index is 9.64. The van der Waals surface area contributed by atoms with Gasteiger partial charge in [0.2, 0.25) is 0 Å². The Bertz CT molecular complexity index is 130. The molecule has 0 atom stereocenters. The topological polar surface area (TPSA) is 124 Å². The van der Waals surface area contributed by atoms with Gasteiger partial charge in [0.25, 0.3) is 0 Å². The van der Waals surface area contributed by atoms with Gasteiger partial charge < -0.3 is 15.4 Å². The Labute approximate surface area is 61.2 Å². The summed E-state index contributed by atoms with van der Waals surface area (Å²) in [6.07, 6.45) is -0.593. The number of carboxylic acid groups (broad SMARTS) is 2. The number of carboxylic acids is 2. The van der Waals surface area contributed by atoms with Crippen LogP contribution in [-0.2, 0) is 9.59 Å².